The van der Waals surface area contributed by atoms with Gasteiger partial charge in [-0.3, -0.25) is 9.59 Å². The first-order valence-corrected chi connectivity index (χ1v) is 7.77. The Morgan fingerprint density at radius 3 is 2.58 bits per heavy atom. The number of nitrogens with one attached hydrogen (secondary N) is 1. The molecule has 3 aromatic rings. The fourth-order valence-electron chi connectivity index (χ4n) is 2.82. The van der Waals surface area contributed by atoms with Gasteiger partial charge in [0.25, 0.3) is 5.56 Å². The molecule has 0 saturated heterocycles. The number of ketones is 1. The minimum absolute atomic E-state index is 0.00989. The summed E-state index contributed by atoms with van der Waals surface area (Å²) >= 11 is 0. The Bertz CT molecular complexity index is 946. The summed E-state index contributed by atoms with van der Waals surface area (Å²) in [5.74, 6) is 0.00989. The SMILES string of the molecule is Cc1ccc(C(=O)c2ccc(Cc3ccc(=O)[nH]n3)n2C)c(C)c1. The molecule has 0 spiro atoms. The summed E-state index contributed by atoms with van der Waals surface area (Å²) in [7, 11) is 1.87. The van der Waals surface area contributed by atoms with Crippen LogP contribution in [-0.4, -0.2) is 20.5 Å². The zero-order valence-corrected chi connectivity index (χ0v) is 14.0. The van der Waals surface area contributed by atoms with Crippen LogP contribution >= 0.6 is 0 Å². The average Bonchev–Trinajstić information content (AvgIpc) is 2.90. The maximum Gasteiger partial charge on any atom is 0.264 e. The molecule has 0 fully saturated rings. The highest BCUT2D eigenvalue weighted by atomic mass is 16.1. The van der Waals surface area contributed by atoms with E-state index in [-0.39, 0.29) is 11.3 Å². The Hall–Kier alpha value is -2.95. The van der Waals surface area contributed by atoms with Crippen molar-refractivity contribution in [3.8, 4) is 0 Å². The van der Waals surface area contributed by atoms with Crippen LogP contribution in [0.4, 0.5) is 0 Å². The molecule has 3 rings (SSSR count). The summed E-state index contributed by atoms with van der Waals surface area (Å²) in [6.07, 6.45) is 0.549. The largest absolute Gasteiger partial charge is 0.345 e. The van der Waals surface area contributed by atoms with Gasteiger partial charge in [0.15, 0.2) is 0 Å². The Morgan fingerprint density at radius 2 is 1.92 bits per heavy atom. The number of carbonyl (C=O) groups excluding carboxylic acids is 1. The van der Waals surface area contributed by atoms with Crippen LogP contribution in [0.25, 0.3) is 0 Å². The van der Waals surface area contributed by atoms with Crippen molar-refractivity contribution in [3.05, 3.63) is 86.6 Å². The van der Waals surface area contributed by atoms with Crippen LogP contribution in [-0.2, 0) is 13.5 Å². The lowest BCUT2D eigenvalue weighted by Gasteiger charge is -2.09. The normalized spacial score (nSPS) is 10.8. The third-order valence-corrected chi connectivity index (χ3v) is 4.18. The van der Waals surface area contributed by atoms with Crippen molar-refractivity contribution in [2.45, 2.75) is 20.3 Å². The zero-order valence-electron chi connectivity index (χ0n) is 14.0. The summed E-state index contributed by atoms with van der Waals surface area (Å²) in [5.41, 5.74) is 4.96. The van der Waals surface area contributed by atoms with E-state index in [1.54, 1.807) is 6.07 Å². The van der Waals surface area contributed by atoms with Gasteiger partial charge in [0.2, 0.25) is 5.78 Å². The van der Waals surface area contributed by atoms with E-state index in [9.17, 15) is 9.59 Å². The zero-order chi connectivity index (χ0) is 17.3. The van der Waals surface area contributed by atoms with Gasteiger partial charge in [-0.15, -0.1) is 0 Å². The van der Waals surface area contributed by atoms with E-state index in [1.807, 2.05) is 55.8 Å². The quantitative estimate of drug-likeness (QED) is 0.751. The van der Waals surface area contributed by atoms with Crippen molar-refractivity contribution < 1.29 is 4.79 Å². The first-order valence-electron chi connectivity index (χ1n) is 7.77. The van der Waals surface area contributed by atoms with E-state index in [4.69, 9.17) is 0 Å². The molecule has 0 atom stereocenters. The van der Waals surface area contributed by atoms with Crippen LogP contribution in [0.3, 0.4) is 0 Å². The number of aromatic amines is 1. The van der Waals surface area contributed by atoms with Crippen LogP contribution in [0.15, 0.2) is 47.3 Å². The first kappa shape index (κ1) is 15.9. The molecular formula is C19H19N3O2. The first-order chi connectivity index (χ1) is 11.5. The third kappa shape index (κ3) is 3.06. The molecule has 122 valence electrons. The lowest BCUT2D eigenvalue weighted by molar-refractivity contribution is 0.103. The topological polar surface area (TPSA) is 67.8 Å². The van der Waals surface area contributed by atoms with Crippen molar-refractivity contribution >= 4 is 5.78 Å². The Morgan fingerprint density at radius 1 is 1.12 bits per heavy atom. The summed E-state index contributed by atoms with van der Waals surface area (Å²) < 4.78 is 1.88. The molecule has 0 aliphatic rings. The fraction of sp³-hybridized carbons (Fsp3) is 0.211. The molecule has 0 aliphatic heterocycles. The number of nitrogens with zero attached hydrogens (tertiary/aromatic N) is 2. The number of benzene rings is 1. The molecule has 24 heavy (non-hydrogen) atoms. The predicted octanol–water partition coefficient (Wildman–Crippen LogP) is 2.55. The Balaban J connectivity index is 1.90. The molecule has 2 aromatic heterocycles. The molecule has 2 heterocycles. The van der Waals surface area contributed by atoms with Crippen molar-refractivity contribution in [2.24, 2.45) is 7.05 Å². The van der Waals surface area contributed by atoms with E-state index in [1.165, 1.54) is 6.07 Å². The molecule has 0 radical (unpaired) electrons. The van der Waals surface area contributed by atoms with Gasteiger partial charge in [0.1, 0.15) is 0 Å². The van der Waals surface area contributed by atoms with Gasteiger partial charge < -0.3 is 4.57 Å². The number of hydrogen-bond acceptors (Lipinski definition) is 3. The monoisotopic (exact) mass is 321 g/mol. The van der Waals surface area contributed by atoms with E-state index >= 15 is 0 Å². The number of aryl methyl sites for hydroxylation is 2. The Labute approximate surface area is 140 Å². The van der Waals surface area contributed by atoms with E-state index in [0.29, 0.717) is 12.1 Å². The number of aromatic nitrogens is 3. The molecule has 0 amide bonds. The molecule has 1 aromatic carbocycles. The van der Waals surface area contributed by atoms with Crippen molar-refractivity contribution in [1.29, 1.82) is 0 Å². The minimum atomic E-state index is -0.226. The van der Waals surface area contributed by atoms with Gasteiger partial charge in [-0.2, -0.15) is 5.10 Å². The lowest BCUT2D eigenvalue weighted by atomic mass is 10.0. The predicted molar refractivity (Wildman–Crippen MR) is 92.4 cm³/mol. The third-order valence-electron chi connectivity index (χ3n) is 4.18. The molecule has 5 nitrogen and oxygen atoms in total. The maximum atomic E-state index is 12.8. The van der Waals surface area contributed by atoms with E-state index in [0.717, 1.165) is 28.1 Å². The molecule has 0 unspecified atom stereocenters. The summed E-state index contributed by atoms with van der Waals surface area (Å²) in [6, 6.07) is 12.7. The maximum absolute atomic E-state index is 12.8. The van der Waals surface area contributed by atoms with E-state index < -0.39 is 0 Å². The molecule has 0 aliphatic carbocycles. The highest BCUT2D eigenvalue weighted by Gasteiger charge is 2.17. The minimum Gasteiger partial charge on any atom is -0.345 e. The molecule has 1 N–H and O–H groups in total. The van der Waals surface area contributed by atoms with Crippen LogP contribution in [0.1, 0.15) is 38.6 Å². The van der Waals surface area contributed by atoms with Crippen LogP contribution in [0.2, 0.25) is 0 Å². The number of carbonyl (C=O) groups is 1. The molecule has 0 saturated carbocycles. The van der Waals surface area contributed by atoms with Gasteiger partial charge in [-0.1, -0.05) is 23.8 Å². The second-order valence-electron chi connectivity index (χ2n) is 6.01. The molecule has 0 bridgehead atoms. The van der Waals surface area contributed by atoms with E-state index in [2.05, 4.69) is 10.2 Å². The Kier molecular flexibility index (Phi) is 4.16. The van der Waals surface area contributed by atoms with Crippen LogP contribution < -0.4 is 5.56 Å². The van der Waals surface area contributed by atoms with Gasteiger partial charge >= 0.3 is 0 Å². The fourth-order valence-corrected chi connectivity index (χ4v) is 2.82. The smallest absolute Gasteiger partial charge is 0.264 e. The van der Waals surface area contributed by atoms with Crippen molar-refractivity contribution in [3.63, 3.8) is 0 Å². The number of hydrogen-bond donors (Lipinski definition) is 1. The van der Waals surface area contributed by atoms with Crippen LogP contribution in [0.5, 0.6) is 0 Å². The number of rotatable bonds is 4. The number of H-pyrrole nitrogens is 1. The lowest BCUT2D eigenvalue weighted by Crippen LogP contribution is -2.12. The molecular weight excluding hydrogens is 302 g/mol. The average molecular weight is 321 g/mol. The highest BCUT2D eigenvalue weighted by Crippen LogP contribution is 2.18. The summed E-state index contributed by atoms with van der Waals surface area (Å²) in [4.78, 5) is 23.9. The van der Waals surface area contributed by atoms with Gasteiger partial charge in [0, 0.05) is 30.8 Å². The molecule has 5 heteroatoms. The standard InChI is InChI=1S/C19H19N3O2/c1-12-4-7-16(13(2)10-12)19(24)17-8-6-15(22(17)3)11-14-5-9-18(23)21-20-14/h4-10H,11H2,1-3H3,(H,21,23). The van der Waals surface area contributed by atoms with Crippen molar-refractivity contribution in [2.75, 3.05) is 0 Å². The van der Waals surface area contributed by atoms with Crippen molar-refractivity contribution in [1.82, 2.24) is 14.8 Å². The van der Waals surface area contributed by atoms with Gasteiger partial charge in [-0.25, -0.2) is 5.10 Å². The summed E-state index contributed by atoms with van der Waals surface area (Å²) in [5, 5.41) is 6.44. The van der Waals surface area contributed by atoms with Crippen LogP contribution in [0, 0.1) is 13.8 Å². The second-order valence-corrected chi connectivity index (χ2v) is 6.01. The second kappa shape index (κ2) is 6.28. The highest BCUT2D eigenvalue weighted by molar-refractivity contribution is 6.09. The summed E-state index contributed by atoms with van der Waals surface area (Å²) in [6.45, 7) is 3.97. The van der Waals surface area contributed by atoms with Gasteiger partial charge in [-0.05, 0) is 37.6 Å². The van der Waals surface area contributed by atoms with Gasteiger partial charge in [0.05, 0.1) is 11.4 Å².